The van der Waals surface area contributed by atoms with E-state index in [-0.39, 0.29) is 4.90 Å². The second kappa shape index (κ2) is 25.1. The maximum absolute atomic E-state index is 10.4. The van der Waals surface area contributed by atoms with Crippen LogP contribution in [0.3, 0.4) is 0 Å². The summed E-state index contributed by atoms with van der Waals surface area (Å²) in [6.45, 7) is 29.3. The van der Waals surface area contributed by atoms with Gasteiger partial charge in [-0.3, -0.25) is 0 Å². The monoisotopic (exact) mass is 826 g/mol. The van der Waals surface area contributed by atoms with Crippen LogP contribution in [0.15, 0.2) is 155 Å². The molecule has 0 amide bonds. The van der Waals surface area contributed by atoms with Gasteiger partial charge in [-0.25, -0.2) is 13.0 Å². The second-order valence-electron chi connectivity index (χ2n) is 14.2. The Morgan fingerprint density at radius 3 is 1.42 bits per heavy atom. The number of allylic oxidation sites excluding steroid dienone is 9. The number of rotatable bonds is 15. The Kier molecular flexibility index (Phi) is 20.4. The van der Waals surface area contributed by atoms with Gasteiger partial charge in [-0.05, 0) is 151 Å². The number of hydrogen-bond acceptors (Lipinski definition) is 6. The number of benzene rings is 4. The number of aliphatic imine (C=N–C) groups is 1. The van der Waals surface area contributed by atoms with Crippen LogP contribution in [0.5, 0.6) is 0 Å². The van der Waals surface area contributed by atoms with Crippen molar-refractivity contribution in [1.29, 1.82) is 0 Å². The Hall–Kier alpha value is -5.57. The molecule has 0 fully saturated rings. The Balaban J connectivity index is 0.000000539. The summed E-state index contributed by atoms with van der Waals surface area (Å²) in [5.74, 6) is 0. The molecule has 60 heavy (non-hydrogen) atoms. The zero-order chi connectivity index (χ0) is 44.1. The molecule has 1 aliphatic carbocycles. The van der Waals surface area contributed by atoms with Crippen LogP contribution in [0.4, 0.5) is 11.4 Å². The molecule has 0 saturated heterocycles. The van der Waals surface area contributed by atoms with Crippen LogP contribution in [0.1, 0.15) is 76.3 Å². The fourth-order valence-corrected chi connectivity index (χ4v) is 7.19. The Labute approximate surface area is 362 Å². The largest absolute Gasteiger partial charge is 0.744 e. The highest BCUT2D eigenvalue weighted by Crippen LogP contribution is 2.29. The summed E-state index contributed by atoms with van der Waals surface area (Å²) in [5.41, 5.74) is 13.3. The summed E-state index contributed by atoms with van der Waals surface area (Å²) < 4.78 is 33.6. The molecule has 0 atom stereocenters. The van der Waals surface area contributed by atoms with Crippen LogP contribution in [0.25, 0.3) is 11.1 Å². The summed E-state index contributed by atoms with van der Waals surface area (Å²) >= 11 is 0. The SMILES string of the molecule is C=NCC.CCN(CC)c1ccc(C(=CC=CC(=C2C=CC(=[N+](CC)CC)C=C2)c2ccc(N(CC)CC)cc2)c2ccc(C)cc2)cc1.Cc1ccc(S(=O)(=O)[O-])cc1. The highest BCUT2D eigenvalue weighted by Gasteiger charge is 2.13. The number of hydrogen-bond donors (Lipinski definition) is 0. The minimum atomic E-state index is -4.27. The van der Waals surface area contributed by atoms with E-state index >= 15 is 0 Å². The molecule has 0 aromatic heterocycles. The van der Waals surface area contributed by atoms with Crippen molar-refractivity contribution in [2.45, 2.75) is 67.2 Å². The summed E-state index contributed by atoms with van der Waals surface area (Å²) in [7, 11) is -4.27. The number of nitrogens with zero attached hydrogens (tertiary/aromatic N) is 4. The van der Waals surface area contributed by atoms with Crippen LogP contribution in [0, 0.1) is 13.8 Å². The van der Waals surface area contributed by atoms with E-state index < -0.39 is 10.1 Å². The van der Waals surface area contributed by atoms with E-state index in [1.807, 2.05) is 13.8 Å². The van der Waals surface area contributed by atoms with E-state index in [1.165, 1.54) is 68.2 Å². The molecule has 0 spiro atoms. The van der Waals surface area contributed by atoms with Gasteiger partial charge in [-0.1, -0.05) is 90.0 Å². The van der Waals surface area contributed by atoms with E-state index in [9.17, 15) is 13.0 Å². The molecule has 0 aliphatic heterocycles. The first-order chi connectivity index (χ1) is 28.9. The lowest BCUT2D eigenvalue weighted by atomic mass is 9.94. The molecule has 0 heterocycles. The van der Waals surface area contributed by atoms with Crippen molar-refractivity contribution >= 4 is 45.1 Å². The third-order valence-corrected chi connectivity index (χ3v) is 11.2. The van der Waals surface area contributed by atoms with Gasteiger partial charge in [-0.2, -0.15) is 0 Å². The van der Waals surface area contributed by atoms with Crippen molar-refractivity contribution in [3.63, 3.8) is 0 Å². The molecule has 318 valence electrons. The van der Waals surface area contributed by atoms with Crippen LogP contribution >= 0.6 is 0 Å². The Bertz CT molecular complexity index is 2210. The smallest absolute Gasteiger partial charge is 0.199 e. The molecule has 0 unspecified atom stereocenters. The number of anilines is 2. The van der Waals surface area contributed by atoms with Crippen LogP contribution < -0.4 is 9.80 Å². The van der Waals surface area contributed by atoms with E-state index in [0.29, 0.717) is 0 Å². The molecular weight excluding hydrogens is 761 g/mol. The predicted molar refractivity (Wildman–Crippen MR) is 258 cm³/mol. The fraction of sp³-hybridized carbons (Fsp3) is 0.308. The molecule has 4 aromatic carbocycles. The van der Waals surface area contributed by atoms with Crippen molar-refractivity contribution in [1.82, 2.24) is 0 Å². The van der Waals surface area contributed by atoms with Crippen LogP contribution in [0.2, 0.25) is 0 Å². The normalized spacial score (nSPS) is 12.3. The van der Waals surface area contributed by atoms with Crippen molar-refractivity contribution in [3.05, 3.63) is 173 Å². The molecule has 0 bridgehead atoms. The summed E-state index contributed by atoms with van der Waals surface area (Å²) in [6, 6.07) is 32.7. The standard InChI is InChI=1S/C42H52N3.C7H8O3S.C3H7N/c1-8-43(9-2)38-27-21-35(22-28-38)41(34-19-17-33(7)18-20-34)15-14-16-42(36-23-29-39(30-24-36)44(10-3)11-4)37-25-31-40(32-26-37)45(12-5)13-6;1-6-2-4-7(5-3-6)11(8,9)10;1-3-4-2/h14-32H,8-13H2,1-7H3;2-5H,1H3,(H,8,9,10);2-3H2,1H3/q+1;;/p-1. The lowest BCUT2D eigenvalue weighted by Gasteiger charge is -2.21. The molecule has 5 rings (SSSR count). The van der Waals surface area contributed by atoms with E-state index in [4.69, 9.17) is 0 Å². The maximum atomic E-state index is 10.4. The van der Waals surface area contributed by atoms with Crippen molar-refractivity contribution in [2.24, 2.45) is 4.99 Å². The zero-order valence-corrected chi connectivity index (χ0v) is 38.2. The molecule has 0 N–H and O–H groups in total. The third kappa shape index (κ3) is 14.6. The van der Waals surface area contributed by atoms with E-state index in [1.54, 1.807) is 12.1 Å². The van der Waals surface area contributed by atoms with Gasteiger partial charge in [0.25, 0.3) is 0 Å². The fourth-order valence-electron chi connectivity index (χ4n) is 6.72. The maximum Gasteiger partial charge on any atom is 0.199 e. The van der Waals surface area contributed by atoms with Crippen LogP contribution in [-0.4, -0.2) is 75.8 Å². The highest BCUT2D eigenvalue weighted by atomic mass is 32.2. The highest BCUT2D eigenvalue weighted by molar-refractivity contribution is 7.85. The van der Waals surface area contributed by atoms with E-state index in [2.05, 4.69) is 190 Å². The zero-order valence-electron chi connectivity index (χ0n) is 37.4. The Morgan fingerprint density at radius 2 is 1.03 bits per heavy atom. The molecule has 4 aromatic rings. The Morgan fingerprint density at radius 1 is 0.633 bits per heavy atom. The van der Waals surface area contributed by atoms with Gasteiger partial charge in [0, 0.05) is 56.3 Å². The average Bonchev–Trinajstić information content (AvgIpc) is 3.27. The van der Waals surface area contributed by atoms with Gasteiger partial charge in [0.15, 0.2) is 5.71 Å². The minimum absolute atomic E-state index is 0.178. The lowest BCUT2D eigenvalue weighted by molar-refractivity contribution is -0.519. The average molecular weight is 827 g/mol. The van der Waals surface area contributed by atoms with Crippen molar-refractivity contribution in [2.75, 3.05) is 55.6 Å². The third-order valence-electron chi connectivity index (χ3n) is 10.3. The first kappa shape index (κ1) is 48.8. The summed E-state index contributed by atoms with van der Waals surface area (Å²) in [5, 5.41) is 0. The minimum Gasteiger partial charge on any atom is -0.744 e. The predicted octanol–water partition coefficient (Wildman–Crippen LogP) is 11.4. The quantitative estimate of drug-likeness (QED) is 0.0516. The van der Waals surface area contributed by atoms with Gasteiger partial charge in [-0.15, -0.1) is 0 Å². The second-order valence-corrected chi connectivity index (χ2v) is 15.6. The summed E-state index contributed by atoms with van der Waals surface area (Å²) in [4.78, 5) is 8.08. The van der Waals surface area contributed by atoms with Gasteiger partial charge in [0.05, 0.1) is 4.90 Å². The van der Waals surface area contributed by atoms with E-state index in [0.717, 1.165) is 51.4 Å². The first-order valence-corrected chi connectivity index (χ1v) is 22.6. The molecule has 7 nitrogen and oxygen atoms in total. The molecular formula is C52H66N4O3S. The van der Waals surface area contributed by atoms with Gasteiger partial charge in [0.2, 0.25) is 0 Å². The van der Waals surface area contributed by atoms with Gasteiger partial charge < -0.3 is 19.3 Å². The molecule has 0 radical (unpaired) electrons. The summed E-state index contributed by atoms with van der Waals surface area (Å²) in [6.07, 6.45) is 15.8. The number of aryl methyl sites for hydroxylation is 2. The first-order valence-electron chi connectivity index (χ1n) is 21.2. The van der Waals surface area contributed by atoms with Crippen LogP contribution in [-0.2, 0) is 10.1 Å². The topological polar surface area (TPSA) is 79.0 Å². The lowest BCUT2D eigenvalue weighted by Crippen LogP contribution is -2.21. The van der Waals surface area contributed by atoms with Gasteiger partial charge in [0.1, 0.15) is 23.2 Å². The van der Waals surface area contributed by atoms with Gasteiger partial charge >= 0.3 is 0 Å². The molecule has 0 saturated carbocycles. The van der Waals surface area contributed by atoms with Crippen molar-refractivity contribution < 1.29 is 17.5 Å². The molecule has 8 heteroatoms. The molecule has 1 aliphatic rings. The van der Waals surface area contributed by atoms with Crippen molar-refractivity contribution in [3.8, 4) is 0 Å².